The summed E-state index contributed by atoms with van der Waals surface area (Å²) in [7, 11) is 0. The Bertz CT molecular complexity index is 176. The maximum atomic E-state index is 3.76. The summed E-state index contributed by atoms with van der Waals surface area (Å²) in [5, 5.41) is 0. The lowest BCUT2D eigenvalue weighted by molar-refractivity contribution is 0.558. The summed E-state index contributed by atoms with van der Waals surface area (Å²) in [4.78, 5) is 0. The van der Waals surface area contributed by atoms with E-state index in [1.54, 1.807) is 0 Å². The van der Waals surface area contributed by atoms with E-state index in [2.05, 4.69) is 24.9 Å². The molecule has 0 saturated heterocycles. The predicted octanol–water partition coefficient (Wildman–Crippen LogP) is 7.16. The summed E-state index contributed by atoms with van der Waals surface area (Å²) in [6, 6.07) is 0. The molecule has 0 saturated carbocycles. The molecule has 0 aliphatic heterocycles. The fourth-order valence-corrected chi connectivity index (χ4v) is 3.32. The molecule has 0 aromatic carbocycles. The Labute approximate surface area is 132 Å². The Balaban J connectivity index is 2.92. The molecule has 118 valence electrons. The fourth-order valence-electron chi connectivity index (χ4n) is 2.34. The molecule has 0 fully saturated rings. The molecule has 0 aromatic heterocycles. The van der Waals surface area contributed by atoms with E-state index in [1.165, 1.54) is 95.0 Å². The number of hydrogen-bond donors (Lipinski definition) is 0. The number of thioether (sulfide) groups is 1. The Kier molecular flexibility index (Phi) is 18.7. The lowest BCUT2D eigenvalue weighted by atomic mass is 10.1. The number of allylic oxidation sites excluding steroid dienone is 2. The van der Waals surface area contributed by atoms with Crippen LogP contribution in [0.25, 0.3) is 0 Å². The number of hydrogen-bond acceptors (Lipinski definition) is 1. The smallest absolute Gasteiger partial charge is 0.00646 e. The third-order valence-electron chi connectivity index (χ3n) is 3.64. The van der Waals surface area contributed by atoms with Crippen molar-refractivity contribution in [1.29, 1.82) is 0 Å². The lowest BCUT2D eigenvalue weighted by Crippen LogP contribution is -1.86. The highest BCUT2D eigenvalue weighted by Gasteiger charge is 1.94. The van der Waals surface area contributed by atoms with Gasteiger partial charge in [0.2, 0.25) is 0 Å². The molecule has 0 nitrogen and oxygen atoms in total. The molecule has 0 rings (SSSR count). The van der Waals surface area contributed by atoms with E-state index in [1.807, 2.05) is 12.2 Å². The van der Waals surface area contributed by atoms with E-state index in [9.17, 15) is 0 Å². The topological polar surface area (TPSA) is 0 Å². The minimum absolute atomic E-state index is 1.18. The standard InChI is InChI=1S/C19H36S/c1-3-5-7-8-9-10-11-12-13-14-15-17-19-20-18-16-6-4-2/h3-4H,1-2,5-19H2. The zero-order valence-corrected chi connectivity index (χ0v) is 14.4. The highest BCUT2D eigenvalue weighted by molar-refractivity contribution is 7.99. The second-order valence-electron chi connectivity index (χ2n) is 5.66. The first-order chi connectivity index (χ1) is 9.91. The number of rotatable bonds is 17. The van der Waals surface area contributed by atoms with Crippen LogP contribution in [0.3, 0.4) is 0 Å². The van der Waals surface area contributed by atoms with Crippen LogP contribution in [0.4, 0.5) is 0 Å². The van der Waals surface area contributed by atoms with Crippen LogP contribution >= 0.6 is 11.8 Å². The molecule has 0 heterocycles. The van der Waals surface area contributed by atoms with Gasteiger partial charge in [-0.05, 0) is 43.6 Å². The normalized spacial score (nSPS) is 10.6. The second kappa shape index (κ2) is 18.8. The van der Waals surface area contributed by atoms with Gasteiger partial charge < -0.3 is 0 Å². The summed E-state index contributed by atoms with van der Waals surface area (Å²) < 4.78 is 0. The SMILES string of the molecule is C=CCCCCCCCCCCCCSCCCC=C. The first-order valence-electron chi connectivity index (χ1n) is 8.71. The van der Waals surface area contributed by atoms with Crippen molar-refractivity contribution in [3.63, 3.8) is 0 Å². The van der Waals surface area contributed by atoms with Crippen molar-refractivity contribution in [2.45, 2.75) is 83.5 Å². The molecular formula is C19H36S. The summed E-state index contributed by atoms with van der Waals surface area (Å²) in [6.07, 6.45) is 22.0. The minimum Gasteiger partial charge on any atom is -0.162 e. The van der Waals surface area contributed by atoms with E-state index in [-0.39, 0.29) is 0 Å². The highest BCUT2D eigenvalue weighted by Crippen LogP contribution is 2.13. The van der Waals surface area contributed by atoms with Gasteiger partial charge in [-0.25, -0.2) is 0 Å². The predicted molar refractivity (Wildman–Crippen MR) is 97.7 cm³/mol. The second-order valence-corrected chi connectivity index (χ2v) is 6.88. The Morgan fingerprint density at radius 2 is 0.900 bits per heavy atom. The Morgan fingerprint density at radius 3 is 1.45 bits per heavy atom. The summed E-state index contributed by atoms with van der Waals surface area (Å²) >= 11 is 2.12. The van der Waals surface area contributed by atoms with Crippen molar-refractivity contribution in [3.8, 4) is 0 Å². The molecule has 0 spiro atoms. The third-order valence-corrected chi connectivity index (χ3v) is 4.80. The van der Waals surface area contributed by atoms with Crippen LogP contribution in [0, 0.1) is 0 Å². The highest BCUT2D eigenvalue weighted by atomic mass is 32.2. The third kappa shape index (κ3) is 17.8. The molecule has 1 heteroatoms. The van der Waals surface area contributed by atoms with E-state index in [0.29, 0.717) is 0 Å². The molecule has 0 atom stereocenters. The van der Waals surface area contributed by atoms with Gasteiger partial charge in [0.1, 0.15) is 0 Å². The van der Waals surface area contributed by atoms with Crippen LogP contribution in [0.2, 0.25) is 0 Å². The molecule has 0 bridgehead atoms. The summed E-state index contributed by atoms with van der Waals surface area (Å²) in [5.74, 6) is 2.68. The van der Waals surface area contributed by atoms with E-state index >= 15 is 0 Å². The fraction of sp³-hybridized carbons (Fsp3) is 0.789. The van der Waals surface area contributed by atoms with Gasteiger partial charge in [0.25, 0.3) is 0 Å². The molecule has 0 unspecified atom stereocenters. The van der Waals surface area contributed by atoms with Crippen molar-refractivity contribution in [3.05, 3.63) is 25.3 Å². The average Bonchev–Trinajstić information content (AvgIpc) is 2.47. The maximum absolute atomic E-state index is 3.76. The van der Waals surface area contributed by atoms with Gasteiger partial charge in [-0.1, -0.05) is 63.5 Å². The van der Waals surface area contributed by atoms with E-state index in [4.69, 9.17) is 0 Å². The first-order valence-corrected chi connectivity index (χ1v) is 9.87. The van der Waals surface area contributed by atoms with Gasteiger partial charge in [0, 0.05) is 0 Å². The maximum Gasteiger partial charge on any atom is -0.00646 e. The van der Waals surface area contributed by atoms with Gasteiger partial charge in [-0.15, -0.1) is 13.2 Å². The first kappa shape index (κ1) is 19.8. The molecular weight excluding hydrogens is 260 g/mol. The van der Waals surface area contributed by atoms with E-state index in [0.717, 1.165) is 0 Å². The quantitative estimate of drug-likeness (QED) is 0.203. The van der Waals surface area contributed by atoms with Crippen molar-refractivity contribution >= 4 is 11.8 Å². The Hall–Kier alpha value is -0.170. The van der Waals surface area contributed by atoms with Crippen molar-refractivity contribution in [2.24, 2.45) is 0 Å². The lowest BCUT2D eigenvalue weighted by Gasteiger charge is -2.03. The van der Waals surface area contributed by atoms with Gasteiger partial charge in [-0.3, -0.25) is 0 Å². The molecule has 20 heavy (non-hydrogen) atoms. The van der Waals surface area contributed by atoms with Crippen LogP contribution in [-0.4, -0.2) is 11.5 Å². The van der Waals surface area contributed by atoms with Gasteiger partial charge >= 0.3 is 0 Å². The van der Waals surface area contributed by atoms with Gasteiger partial charge in [0.15, 0.2) is 0 Å². The van der Waals surface area contributed by atoms with Crippen LogP contribution in [0.15, 0.2) is 25.3 Å². The molecule has 0 aliphatic carbocycles. The largest absolute Gasteiger partial charge is 0.162 e. The van der Waals surface area contributed by atoms with Crippen molar-refractivity contribution in [2.75, 3.05) is 11.5 Å². The summed E-state index contributed by atoms with van der Waals surface area (Å²) in [5.41, 5.74) is 0. The average molecular weight is 297 g/mol. The molecule has 0 N–H and O–H groups in total. The number of unbranched alkanes of at least 4 members (excludes halogenated alkanes) is 11. The zero-order chi connectivity index (χ0) is 14.7. The minimum atomic E-state index is 1.18. The molecule has 0 amide bonds. The summed E-state index contributed by atoms with van der Waals surface area (Å²) in [6.45, 7) is 7.52. The van der Waals surface area contributed by atoms with E-state index < -0.39 is 0 Å². The van der Waals surface area contributed by atoms with Crippen molar-refractivity contribution in [1.82, 2.24) is 0 Å². The molecule has 0 aliphatic rings. The van der Waals surface area contributed by atoms with Crippen LogP contribution in [0.5, 0.6) is 0 Å². The zero-order valence-electron chi connectivity index (χ0n) is 13.6. The van der Waals surface area contributed by atoms with Crippen molar-refractivity contribution < 1.29 is 0 Å². The van der Waals surface area contributed by atoms with Gasteiger partial charge in [-0.2, -0.15) is 11.8 Å². The van der Waals surface area contributed by atoms with Crippen LogP contribution in [0.1, 0.15) is 83.5 Å². The Morgan fingerprint density at radius 1 is 0.500 bits per heavy atom. The molecule has 0 radical (unpaired) electrons. The van der Waals surface area contributed by atoms with Crippen LogP contribution in [-0.2, 0) is 0 Å². The van der Waals surface area contributed by atoms with Gasteiger partial charge in [0.05, 0.1) is 0 Å². The monoisotopic (exact) mass is 296 g/mol. The molecule has 0 aromatic rings. The van der Waals surface area contributed by atoms with Crippen LogP contribution < -0.4 is 0 Å².